The third-order valence-electron chi connectivity index (χ3n) is 6.17. The number of likely N-dealkylation sites (tertiary alicyclic amines) is 1. The van der Waals surface area contributed by atoms with Crippen molar-refractivity contribution in [1.82, 2.24) is 20.2 Å². The van der Waals surface area contributed by atoms with Crippen LogP contribution in [0.2, 0.25) is 0 Å². The van der Waals surface area contributed by atoms with E-state index in [0.717, 1.165) is 16.5 Å². The number of thiazole rings is 1. The van der Waals surface area contributed by atoms with Gasteiger partial charge < -0.3 is 10.2 Å². The summed E-state index contributed by atoms with van der Waals surface area (Å²) in [5.41, 5.74) is 0.580. The van der Waals surface area contributed by atoms with Gasteiger partial charge in [-0.25, -0.2) is 18.8 Å². The van der Waals surface area contributed by atoms with Crippen molar-refractivity contribution in [2.75, 3.05) is 13.1 Å². The number of nitrogens with zero attached hydrogens (tertiary/aromatic N) is 4. The van der Waals surface area contributed by atoms with Crippen molar-refractivity contribution in [2.24, 2.45) is 10.9 Å². The minimum Gasteiger partial charge on any atom is -0.368 e. The predicted octanol–water partition coefficient (Wildman–Crippen LogP) is 6.34. The van der Waals surface area contributed by atoms with E-state index in [1.165, 1.54) is 24.3 Å². The van der Waals surface area contributed by atoms with Crippen LogP contribution in [0.4, 0.5) is 22.0 Å². The number of alkyl halides is 5. The molecule has 3 heterocycles. The number of rotatable bonds is 7. The summed E-state index contributed by atoms with van der Waals surface area (Å²) in [6.07, 6.45) is -0.313. The highest BCUT2D eigenvalue weighted by molar-refractivity contribution is 7.15. The number of piperidine rings is 1. The number of amides is 1. The SMILES string of the molecule is C\C=C(/N=C\C(=C/C)C(F)(F)F)NCC1C(C)CC(F)(F)CN1C(=O)c1nc(C)sc1-c1cc(C)ccn1. The van der Waals surface area contributed by atoms with E-state index in [2.05, 4.69) is 20.3 Å². The summed E-state index contributed by atoms with van der Waals surface area (Å²) in [7, 11) is 0. The van der Waals surface area contributed by atoms with E-state index in [4.69, 9.17) is 0 Å². The van der Waals surface area contributed by atoms with Crippen LogP contribution in [0.5, 0.6) is 0 Å². The van der Waals surface area contributed by atoms with Crippen LogP contribution in [0.3, 0.4) is 0 Å². The summed E-state index contributed by atoms with van der Waals surface area (Å²) in [6, 6.07) is 2.92. The van der Waals surface area contributed by atoms with Gasteiger partial charge >= 0.3 is 6.18 Å². The number of aryl methyl sites for hydroxylation is 2. The number of carbonyl (C=O) groups is 1. The van der Waals surface area contributed by atoms with Crippen molar-refractivity contribution in [3.05, 3.63) is 58.1 Å². The molecule has 0 aliphatic carbocycles. The number of carbonyl (C=O) groups excluding carboxylic acids is 1. The lowest BCUT2D eigenvalue weighted by molar-refractivity contribution is -0.0913. The second kappa shape index (κ2) is 11.7. The van der Waals surface area contributed by atoms with Gasteiger partial charge in [0, 0.05) is 25.4 Å². The smallest absolute Gasteiger partial charge is 0.368 e. The lowest BCUT2D eigenvalue weighted by Crippen LogP contribution is -2.58. The third kappa shape index (κ3) is 7.03. The van der Waals surface area contributed by atoms with Gasteiger partial charge in [0.1, 0.15) is 11.5 Å². The van der Waals surface area contributed by atoms with E-state index in [0.29, 0.717) is 21.8 Å². The van der Waals surface area contributed by atoms with Crippen LogP contribution in [-0.4, -0.2) is 58.2 Å². The Bertz CT molecular complexity index is 1250. The largest absolute Gasteiger partial charge is 0.417 e. The topological polar surface area (TPSA) is 70.5 Å². The number of hydrogen-bond acceptors (Lipinski definition) is 6. The van der Waals surface area contributed by atoms with Crippen LogP contribution in [0.25, 0.3) is 10.6 Å². The molecule has 38 heavy (non-hydrogen) atoms. The van der Waals surface area contributed by atoms with Crippen LogP contribution in [0, 0.1) is 19.8 Å². The Labute approximate surface area is 222 Å². The second-order valence-corrected chi connectivity index (χ2v) is 10.4. The zero-order chi connectivity index (χ0) is 28.3. The van der Waals surface area contributed by atoms with Gasteiger partial charge in [-0.2, -0.15) is 13.2 Å². The third-order valence-corrected chi connectivity index (χ3v) is 7.17. The summed E-state index contributed by atoms with van der Waals surface area (Å²) in [5.74, 6) is -4.24. The summed E-state index contributed by atoms with van der Waals surface area (Å²) in [4.78, 5) is 27.9. The van der Waals surface area contributed by atoms with E-state index in [1.807, 2.05) is 13.0 Å². The molecule has 1 saturated heterocycles. The molecule has 2 aromatic heterocycles. The molecule has 1 N–H and O–H groups in total. The number of aliphatic imine (C=N–C) groups is 1. The quantitative estimate of drug-likeness (QED) is 0.320. The van der Waals surface area contributed by atoms with E-state index in [9.17, 15) is 26.7 Å². The molecule has 3 rings (SSSR count). The first-order chi connectivity index (χ1) is 17.8. The fourth-order valence-corrected chi connectivity index (χ4v) is 5.18. The summed E-state index contributed by atoms with van der Waals surface area (Å²) in [5, 5.41) is 3.51. The first-order valence-electron chi connectivity index (χ1n) is 12.0. The lowest BCUT2D eigenvalue weighted by Gasteiger charge is -2.43. The molecule has 0 spiro atoms. The van der Waals surface area contributed by atoms with Crippen molar-refractivity contribution in [3.8, 4) is 10.6 Å². The molecule has 2 aromatic rings. The Morgan fingerprint density at radius 2 is 2.00 bits per heavy atom. The highest BCUT2D eigenvalue weighted by atomic mass is 32.1. The lowest BCUT2D eigenvalue weighted by atomic mass is 9.88. The van der Waals surface area contributed by atoms with E-state index < -0.39 is 48.5 Å². The average Bonchev–Trinajstić information content (AvgIpc) is 3.21. The monoisotopic (exact) mass is 555 g/mol. The minimum atomic E-state index is -4.56. The molecular weight excluding hydrogens is 525 g/mol. The summed E-state index contributed by atoms with van der Waals surface area (Å²) in [6.45, 7) is 7.28. The van der Waals surface area contributed by atoms with Gasteiger partial charge in [-0.05, 0) is 57.4 Å². The van der Waals surface area contributed by atoms with Crippen molar-refractivity contribution in [2.45, 2.75) is 59.2 Å². The average molecular weight is 556 g/mol. The second-order valence-electron chi connectivity index (χ2n) is 9.22. The Morgan fingerprint density at radius 3 is 2.61 bits per heavy atom. The first-order valence-corrected chi connectivity index (χ1v) is 12.8. The van der Waals surface area contributed by atoms with Crippen molar-refractivity contribution in [3.63, 3.8) is 0 Å². The van der Waals surface area contributed by atoms with Gasteiger partial charge in [-0.1, -0.05) is 13.0 Å². The van der Waals surface area contributed by atoms with E-state index >= 15 is 0 Å². The molecule has 0 bridgehead atoms. The maximum atomic E-state index is 14.7. The Morgan fingerprint density at radius 1 is 1.29 bits per heavy atom. The highest BCUT2D eigenvalue weighted by Crippen LogP contribution is 2.37. The van der Waals surface area contributed by atoms with E-state index in [1.54, 1.807) is 33.0 Å². The maximum Gasteiger partial charge on any atom is 0.417 e. The van der Waals surface area contributed by atoms with E-state index in [-0.39, 0.29) is 18.1 Å². The van der Waals surface area contributed by atoms with Crippen LogP contribution >= 0.6 is 11.3 Å². The molecule has 0 saturated carbocycles. The van der Waals surface area contributed by atoms with Gasteiger partial charge in [-0.15, -0.1) is 11.3 Å². The predicted molar refractivity (Wildman–Crippen MR) is 138 cm³/mol. The molecule has 2 atom stereocenters. The van der Waals surface area contributed by atoms with Gasteiger partial charge in [0.05, 0.1) is 33.7 Å². The number of hydrogen-bond donors (Lipinski definition) is 1. The normalized spacial score (nSPS) is 20.7. The standard InChI is InChI=1S/C26H30F5N5OS/c1-6-18(26(29,30)31)12-33-21(7-2)34-13-20-16(4)11-25(27,28)14-36(20)24(37)22-23(38-17(5)35-22)19-10-15(3)8-9-32-19/h6-10,12,16,20,34H,11,13-14H2,1-5H3/b18-6+,21-7+,33-12-. The molecule has 1 aliphatic heterocycles. The van der Waals surface area contributed by atoms with Crippen LogP contribution < -0.4 is 5.32 Å². The number of halogens is 5. The number of allylic oxidation sites excluding steroid dienone is 3. The van der Waals surface area contributed by atoms with Crippen LogP contribution in [0.1, 0.15) is 48.3 Å². The van der Waals surface area contributed by atoms with Crippen molar-refractivity contribution >= 4 is 23.5 Å². The van der Waals surface area contributed by atoms with Gasteiger partial charge in [0.2, 0.25) is 0 Å². The van der Waals surface area contributed by atoms with Gasteiger partial charge in [0.25, 0.3) is 11.8 Å². The fourth-order valence-electron chi connectivity index (χ4n) is 4.30. The summed E-state index contributed by atoms with van der Waals surface area (Å²) >= 11 is 1.26. The molecule has 6 nitrogen and oxygen atoms in total. The summed E-state index contributed by atoms with van der Waals surface area (Å²) < 4.78 is 68.4. The molecule has 0 aromatic carbocycles. The Hall–Kier alpha value is -3.15. The zero-order valence-electron chi connectivity index (χ0n) is 21.7. The molecule has 1 fully saturated rings. The number of aromatic nitrogens is 2. The van der Waals surface area contributed by atoms with Crippen molar-refractivity contribution in [1.29, 1.82) is 0 Å². The Kier molecular flexibility index (Phi) is 9.06. The van der Waals surface area contributed by atoms with Crippen molar-refractivity contribution < 1.29 is 26.7 Å². The maximum absolute atomic E-state index is 14.7. The number of pyridine rings is 1. The molecule has 12 heteroatoms. The molecule has 1 amide bonds. The number of nitrogens with one attached hydrogen (secondary N) is 1. The van der Waals surface area contributed by atoms with Gasteiger partial charge in [-0.3, -0.25) is 9.78 Å². The molecule has 206 valence electrons. The zero-order valence-corrected chi connectivity index (χ0v) is 22.6. The molecular formula is C26H30F5N5OS. The fraction of sp³-hybridized carbons (Fsp3) is 0.462. The van der Waals surface area contributed by atoms with Gasteiger partial charge in [0.15, 0.2) is 0 Å². The van der Waals surface area contributed by atoms with Crippen LogP contribution in [0.15, 0.2) is 46.9 Å². The Balaban J connectivity index is 1.89. The molecule has 1 aliphatic rings. The van der Waals surface area contributed by atoms with Crippen LogP contribution in [-0.2, 0) is 0 Å². The minimum absolute atomic E-state index is 0.0122. The molecule has 0 radical (unpaired) electrons. The molecule has 2 unspecified atom stereocenters. The highest BCUT2D eigenvalue weighted by Gasteiger charge is 2.47. The first kappa shape index (κ1) is 29.4.